The summed E-state index contributed by atoms with van der Waals surface area (Å²) in [5, 5.41) is 5.01. The lowest BCUT2D eigenvalue weighted by Gasteiger charge is -2.23. The minimum atomic E-state index is -1.06. The molecule has 0 aromatic heterocycles. The van der Waals surface area contributed by atoms with E-state index in [9.17, 15) is 14.4 Å². The van der Waals surface area contributed by atoms with Gasteiger partial charge in [-0.15, -0.1) is 0 Å². The summed E-state index contributed by atoms with van der Waals surface area (Å²) in [6.45, 7) is 5.84. The van der Waals surface area contributed by atoms with Crippen molar-refractivity contribution in [3.63, 3.8) is 0 Å². The summed E-state index contributed by atoms with van der Waals surface area (Å²) in [7, 11) is 0. The Bertz CT molecular complexity index is 710. The second-order valence-corrected chi connectivity index (χ2v) is 7.73. The molecule has 1 saturated heterocycles. The van der Waals surface area contributed by atoms with Crippen LogP contribution in [0.3, 0.4) is 0 Å². The van der Waals surface area contributed by atoms with Crippen LogP contribution < -0.4 is 15.5 Å². The number of carbonyl (C=O) groups is 3. The molecule has 1 aliphatic carbocycles. The Hall–Kier alpha value is -2.45. The number of ether oxygens (including phenoxy) is 2. The number of carbonyl (C=O) groups excluding carboxylic acids is 3. The number of quaternary nitrogens is 1. The van der Waals surface area contributed by atoms with E-state index in [4.69, 9.17) is 9.47 Å². The molecule has 29 heavy (non-hydrogen) atoms. The monoisotopic (exact) mass is 404 g/mol. The van der Waals surface area contributed by atoms with Gasteiger partial charge in [0.2, 0.25) is 0 Å². The number of morpholine rings is 1. The Balaban J connectivity index is 1.44. The molecule has 1 aromatic rings. The molecule has 0 radical (unpaired) electrons. The molecule has 8 heteroatoms. The molecule has 0 spiro atoms. The van der Waals surface area contributed by atoms with Crippen molar-refractivity contribution in [2.75, 3.05) is 26.3 Å². The van der Waals surface area contributed by atoms with Crippen molar-refractivity contribution in [1.29, 1.82) is 0 Å². The maximum absolute atomic E-state index is 12.3. The molecule has 1 saturated carbocycles. The van der Waals surface area contributed by atoms with Crippen LogP contribution in [-0.4, -0.2) is 56.4 Å². The summed E-state index contributed by atoms with van der Waals surface area (Å²) in [5.74, 6) is -1.23. The van der Waals surface area contributed by atoms with E-state index in [0.29, 0.717) is 5.56 Å². The molecule has 8 nitrogen and oxygen atoms in total. The van der Waals surface area contributed by atoms with Gasteiger partial charge in [0.15, 0.2) is 6.10 Å². The number of hydrogen-bond acceptors (Lipinski definition) is 5. The van der Waals surface area contributed by atoms with Crippen LogP contribution in [-0.2, 0) is 20.8 Å². The van der Waals surface area contributed by atoms with E-state index in [1.165, 1.54) is 11.8 Å². The molecular formula is C21H30N3O5+. The van der Waals surface area contributed by atoms with Crippen LogP contribution >= 0.6 is 0 Å². The van der Waals surface area contributed by atoms with E-state index in [1.807, 2.05) is 12.1 Å². The fraction of sp³-hybridized carbons (Fsp3) is 0.571. The Labute approximate surface area is 170 Å². The van der Waals surface area contributed by atoms with Gasteiger partial charge in [-0.25, -0.2) is 9.59 Å². The smallest absolute Gasteiger partial charge is 0.338 e. The van der Waals surface area contributed by atoms with Gasteiger partial charge in [-0.2, -0.15) is 0 Å². The predicted molar refractivity (Wildman–Crippen MR) is 105 cm³/mol. The van der Waals surface area contributed by atoms with Gasteiger partial charge in [0.05, 0.1) is 18.8 Å². The molecule has 0 bridgehead atoms. The minimum absolute atomic E-state index is 0.110. The third-order valence-corrected chi connectivity index (χ3v) is 5.42. The van der Waals surface area contributed by atoms with Crippen molar-refractivity contribution in [2.45, 2.75) is 51.3 Å². The van der Waals surface area contributed by atoms with Crippen molar-refractivity contribution >= 4 is 17.9 Å². The van der Waals surface area contributed by atoms with Crippen LogP contribution in [0.15, 0.2) is 24.3 Å². The molecular weight excluding hydrogens is 374 g/mol. The summed E-state index contributed by atoms with van der Waals surface area (Å²) in [6.07, 6.45) is 2.96. The number of amides is 3. The van der Waals surface area contributed by atoms with E-state index < -0.39 is 24.0 Å². The van der Waals surface area contributed by atoms with Crippen LogP contribution in [0.4, 0.5) is 4.79 Å². The number of benzene rings is 1. The highest BCUT2D eigenvalue weighted by atomic mass is 16.5. The van der Waals surface area contributed by atoms with Crippen molar-refractivity contribution < 1.29 is 28.8 Å². The number of rotatable bonds is 6. The first-order chi connectivity index (χ1) is 14.0. The molecule has 2 fully saturated rings. The Morgan fingerprint density at radius 1 is 1.14 bits per heavy atom. The van der Waals surface area contributed by atoms with Crippen molar-refractivity contribution in [1.82, 2.24) is 10.6 Å². The maximum Gasteiger partial charge on any atom is 0.338 e. The lowest BCUT2D eigenvalue weighted by atomic mass is 10.1. The average molecular weight is 404 g/mol. The lowest BCUT2D eigenvalue weighted by Crippen LogP contribution is -3.12. The molecule has 3 N–H and O–H groups in total. The first kappa shape index (κ1) is 21.3. The number of nitrogens with one attached hydrogen (secondary N) is 3. The molecule has 3 amide bonds. The first-order valence-electron chi connectivity index (χ1n) is 10.3. The Kier molecular flexibility index (Phi) is 7.60. The third-order valence-electron chi connectivity index (χ3n) is 5.42. The quantitative estimate of drug-likeness (QED) is 0.597. The van der Waals surface area contributed by atoms with Crippen LogP contribution in [0.25, 0.3) is 0 Å². The molecule has 0 unspecified atom stereocenters. The minimum Gasteiger partial charge on any atom is -0.449 e. The largest absolute Gasteiger partial charge is 0.449 e. The predicted octanol–water partition coefficient (Wildman–Crippen LogP) is 0.415. The highest BCUT2D eigenvalue weighted by molar-refractivity contribution is 5.98. The van der Waals surface area contributed by atoms with Gasteiger partial charge in [-0.3, -0.25) is 10.1 Å². The van der Waals surface area contributed by atoms with Crippen molar-refractivity contribution in [3.05, 3.63) is 35.4 Å². The standard InChI is InChI=1S/C21H29N3O5/c1-15(19(25)23-21(27)22-18-4-2-3-5-18)29-20(26)17-8-6-16(7-9-17)14-24-10-12-28-13-11-24/h6-9,15,18H,2-5,10-14H2,1H3,(H2,22,23,25,27)/p+1/t15-/m0/s1. The topological polar surface area (TPSA) is 98.2 Å². The first-order valence-corrected chi connectivity index (χ1v) is 10.3. The second kappa shape index (κ2) is 10.4. The van der Waals surface area contributed by atoms with Gasteiger partial charge in [0.1, 0.15) is 19.6 Å². The van der Waals surface area contributed by atoms with Crippen molar-refractivity contribution in [3.8, 4) is 0 Å². The molecule has 1 heterocycles. The fourth-order valence-electron chi connectivity index (χ4n) is 3.67. The SMILES string of the molecule is C[C@H](OC(=O)c1ccc(C[NH+]2CCOCC2)cc1)C(=O)NC(=O)NC1CCCC1. The van der Waals surface area contributed by atoms with Crippen LogP contribution in [0, 0.1) is 0 Å². The molecule has 1 atom stereocenters. The third kappa shape index (κ3) is 6.54. The van der Waals surface area contributed by atoms with Crippen LogP contribution in [0.1, 0.15) is 48.5 Å². The zero-order chi connectivity index (χ0) is 20.6. The van der Waals surface area contributed by atoms with E-state index in [2.05, 4.69) is 10.6 Å². The number of imide groups is 1. The normalized spacial score (nSPS) is 18.8. The van der Waals surface area contributed by atoms with Crippen LogP contribution in [0.5, 0.6) is 0 Å². The highest BCUT2D eigenvalue weighted by Crippen LogP contribution is 2.17. The van der Waals surface area contributed by atoms with E-state index in [-0.39, 0.29) is 6.04 Å². The van der Waals surface area contributed by atoms with Gasteiger partial charge < -0.3 is 19.7 Å². The average Bonchev–Trinajstić information content (AvgIpc) is 3.22. The number of esters is 1. The summed E-state index contributed by atoms with van der Waals surface area (Å²) < 4.78 is 10.6. The van der Waals surface area contributed by atoms with Gasteiger partial charge in [0, 0.05) is 11.6 Å². The van der Waals surface area contributed by atoms with Crippen molar-refractivity contribution in [2.24, 2.45) is 0 Å². The molecule has 1 aromatic carbocycles. The zero-order valence-electron chi connectivity index (χ0n) is 16.9. The molecule has 3 rings (SSSR count). The zero-order valence-corrected chi connectivity index (χ0v) is 16.9. The number of urea groups is 1. The van der Waals surface area contributed by atoms with Crippen LogP contribution in [0.2, 0.25) is 0 Å². The van der Waals surface area contributed by atoms with Gasteiger partial charge in [-0.1, -0.05) is 25.0 Å². The summed E-state index contributed by atoms with van der Waals surface area (Å²) >= 11 is 0. The van der Waals surface area contributed by atoms with E-state index in [0.717, 1.165) is 64.1 Å². The van der Waals surface area contributed by atoms with Gasteiger partial charge in [-0.05, 0) is 31.9 Å². The maximum atomic E-state index is 12.3. The fourth-order valence-corrected chi connectivity index (χ4v) is 3.67. The van der Waals surface area contributed by atoms with Gasteiger partial charge >= 0.3 is 12.0 Å². The Morgan fingerprint density at radius 3 is 2.45 bits per heavy atom. The molecule has 2 aliphatic rings. The van der Waals surface area contributed by atoms with Gasteiger partial charge in [0.25, 0.3) is 5.91 Å². The Morgan fingerprint density at radius 2 is 1.79 bits per heavy atom. The lowest BCUT2D eigenvalue weighted by molar-refractivity contribution is -0.921. The van der Waals surface area contributed by atoms with E-state index in [1.54, 1.807) is 12.1 Å². The molecule has 1 aliphatic heterocycles. The molecule has 158 valence electrons. The highest BCUT2D eigenvalue weighted by Gasteiger charge is 2.23. The van der Waals surface area contributed by atoms with E-state index >= 15 is 0 Å². The summed E-state index contributed by atoms with van der Waals surface area (Å²) in [6, 6.07) is 6.78. The second-order valence-electron chi connectivity index (χ2n) is 7.73. The summed E-state index contributed by atoms with van der Waals surface area (Å²) in [5.41, 5.74) is 1.51. The summed E-state index contributed by atoms with van der Waals surface area (Å²) in [4.78, 5) is 37.7. The number of hydrogen-bond donors (Lipinski definition) is 3.